The van der Waals surface area contributed by atoms with Crippen LogP contribution in [0.2, 0.25) is 0 Å². The predicted molar refractivity (Wildman–Crippen MR) is 71.9 cm³/mol. The number of hydrogen-bond acceptors (Lipinski definition) is 3. The average molecular weight is 247 g/mol. The van der Waals surface area contributed by atoms with E-state index in [0.29, 0.717) is 18.2 Å². The highest BCUT2D eigenvalue weighted by Crippen LogP contribution is 2.29. The fraction of sp³-hybridized carbons (Fsp3) is 0.533. The van der Waals surface area contributed by atoms with Crippen molar-refractivity contribution in [3.8, 4) is 5.75 Å². The van der Waals surface area contributed by atoms with E-state index in [1.165, 1.54) is 0 Å². The van der Waals surface area contributed by atoms with Crippen molar-refractivity contribution < 1.29 is 9.53 Å². The Kier molecular flexibility index (Phi) is 3.71. The quantitative estimate of drug-likeness (QED) is 0.786. The molecule has 3 nitrogen and oxygen atoms in total. The lowest BCUT2D eigenvalue weighted by Gasteiger charge is -2.24. The molecule has 1 saturated carbocycles. The molecule has 0 spiro atoms. The third-order valence-electron chi connectivity index (χ3n) is 3.72. The summed E-state index contributed by atoms with van der Waals surface area (Å²) in [4.78, 5) is 12.4. The number of benzene rings is 1. The molecule has 18 heavy (non-hydrogen) atoms. The Morgan fingerprint density at radius 3 is 2.44 bits per heavy atom. The van der Waals surface area contributed by atoms with Crippen LogP contribution in [-0.4, -0.2) is 18.4 Å². The molecule has 1 aliphatic carbocycles. The van der Waals surface area contributed by atoms with Crippen LogP contribution >= 0.6 is 0 Å². The van der Waals surface area contributed by atoms with Gasteiger partial charge < -0.3 is 10.5 Å². The van der Waals surface area contributed by atoms with Gasteiger partial charge in [0.1, 0.15) is 5.75 Å². The Balaban J connectivity index is 2.10. The molecule has 98 valence electrons. The molecular formula is C15H21NO2. The van der Waals surface area contributed by atoms with E-state index >= 15 is 0 Å². The highest BCUT2D eigenvalue weighted by molar-refractivity contribution is 6.00. The minimum absolute atomic E-state index is 0.116. The van der Waals surface area contributed by atoms with E-state index in [4.69, 9.17) is 10.5 Å². The molecule has 2 N–H and O–H groups in total. The normalized spacial score (nSPS) is 18.2. The van der Waals surface area contributed by atoms with Crippen LogP contribution in [0.4, 0.5) is 0 Å². The number of Topliss-reactive ketones (excluding diaryl/α,β-unsaturated/α-hetero) is 1. The van der Waals surface area contributed by atoms with Gasteiger partial charge in [-0.25, -0.2) is 0 Å². The first kappa shape index (κ1) is 13.1. The van der Waals surface area contributed by atoms with Gasteiger partial charge in [-0.1, -0.05) is 13.8 Å². The summed E-state index contributed by atoms with van der Waals surface area (Å²) in [5, 5.41) is 0. The molecule has 0 radical (unpaired) electrons. The Morgan fingerprint density at radius 2 is 2.00 bits per heavy atom. The number of hydrogen-bond donors (Lipinski definition) is 1. The van der Waals surface area contributed by atoms with Gasteiger partial charge in [0.2, 0.25) is 0 Å². The van der Waals surface area contributed by atoms with Crippen LogP contribution in [0.3, 0.4) is 0 Å². The van der Waals surface area contributed by atoms with E-state index in [1.54, 1.807) is 0 Å². The molecule has 0 heterocycles. The van der Waals surface area contributed by atoms with Crippen LogP contribution in [0, 0.1) is 5.41 Å². The standard InChI is InChI=1S/C15H21NO2/c1-3-15(2,10-16)14(17)11-4-6-12(7-5-11)18-13-8-9-13/h4-7,13H,3,8-10,16H2,1-2H3. The van der Waals surface area contributed by atoms with Crippen molar-refractivity contribution in [1.29, 1.82) is 0 Å². The second-order valence-corrected chi connectivity index (χ2v) is 5.29. The van der Waals surface area contributed by atoms with Crippen LogP contribution in [0.15, 0.2) is 24.3 Å². The molecular weight excluding hydrogens is 226 g/mol. The molecule has 3 heteroatoms. The van der Waals surface area contributed by atoms with Gasteiger partial charge in [-0.3, -0.25) is 4.79 Å². The summed E-state index contributed by atoms with van der Waals surface area (Å²) >= 11 is 0. The summed E-state index contributed by atoms with van der Waals surface area (Å²) in [6.07, 6.45) is 3.42. The molecule has 1 fully saturated rings. The van der Waals surface area contributed by atoms with Gasteiger partial charge in [0, 0.05) is 17.5 Å². The van der Waals surface area contributed by atoms with Crippen LogP contribution in [0.5, 0.6) is 5.75 Å². The molecule has 1 atom stereocenters. The Bertz CT molecular complexity index is 417. The number of ether oxygens (including phenoxy) is 1. The largest absolute Gasteiger partial charge is 0.490 e. The van der Waals surface area contributed by atoms with Crippen LogP contribution in [0.25, 0.3) is 0 Å². The number of ketones is 1. The van der Waals surface area contributed by atoms with E-state index in [9.17, 15) is 4.79 Å². The van der Waals surface area contributed by atoms with Crippen molar-refractivity contribution in [3.05, 3.63) is 29.8 Å². The van der Waals surface area contributed by atoms with Gasteiger partial charge in [0.15, 0.2) is 5.78 Å². The topological polar surface area (TPSA) is 52.3 Å². The SMILES string of the molecule is CCC(C)(CN)C(=O)c1ccc(OC2CC2)cc1. The lowest BCUT2D eigenvalue weighted by atomic mass is 9.80. The summed E-state index contributed by atoms with van der Waals surface area (Å²) in [6, 6.07) is 7.42. The summed E-state index contributed by atoms with van der Waals surface area (Å²) in [6.45, 7) is 4.29. The maximum absolute atomic E-state index is 12.4. The summed E-state index contributed by atoms with van der Waals surface area (Å²) in [5.74, 6) is 0.963. The van der Waals surface area contributed by atoms with Crippen LogP contribution in [-0.2, 0) is 0 Å². The molecule has 1 unspecified atom stereocenters. The van der Waals surface area contributed by atoms with Crippen molar-refractivity contribution >= 4 is 5.78 Å². The molecule has 0 saturated heterocycles. The number of rotatable bonds is 6. The van der Waals surface area contributed by atoms with Gasteiger partial charge in [0.25, 0.3) is 0 Å². The summed E-state index contributed by atoms with van der Waals surface area (Å²) in [5.41, 5.74) is 5.97. The monoisotopic (exact) mass is 247 g/mol. The van der Waals surface area contributed by atoms with E-state index in [1.807, 2.05) is 38.1 Å². The third-order valence-corrected chi connectivity index (χ3v) is 3.72. The molecule has 1 aliphatic rings. The highest BCUT2D eigenvalue weighted by Gasteiger charge is 2.30. The maximum Gasteiger partial charge on any atom is 0.169 e. The number of carbonyl (C=O) groups is 1. The van der Waals surface area contributed by atoms with Crippen molar-refractivity contribution in [2.75, 3.05) is 6.54 Å². The predicted octanol–water partition coefficient (Wildman–Crippen LogP) is 2.79. The van der Waals surface area contributed by atoms with Gasteiger partial charge in [-0.2, -0.15) is 0 Å². The molecule has 2 rings (SSSR count). The van der Waals surface area contributed by atoms with E-state index < -0.39 is 5.41 Å². The van der Waals surface area contributed by atoms with Gasteiger partial charge in [-0.05, 0) is 43.5 Å². The summed E-state index contributed by atoms with van der Waals surface area (Å²) < 4.78 is 5.66. The summed E-state index contributed by atoms with van der Waals surface area (Å²) in [7, 11) is 0. The average Bonchev–Trinajstić information content (AvgIpc) is 3.22. The lowest BCUT2D eigenvalue weighted by molar-refractivity contribution is 0.0820. The van der Waals surface area contributed by atoms with E-state index in [2.05, 4.69) is 0 Å². The third kappa shape index (κ3) is 2.72. The number of nitrogens with two attached hydrogens (primary N) is 1. The van der Waals surface area contributed by atoms with E-state index in [0.717, 1.165) is 25.0 Å². The molecule has 1 aromatic rings. The zero-order valence-electron chi connectivity index (χ0n) is 11.1. The van der Waals surface area contributed by atoms with E-state index in [-0.39, 0.29) is 5.78 Å². The van der Waals surface area contributed by atoms with Crippen molar-refractivity contribution in [3.63, 3.8) is 0 Å². The fourth-order valence-electron chi connectivity index (χ4n) is 1.81. The van der Waals surface area contributed by atoms with Crippen LogP contribution < -0.4 is 10.5 Å². The Hall–Kier alpha value is -1.35. The molecule has 1 aromatic carbocycles. The zero-order chi connectivity index (χ0) is 13.2. The second-order valence-electron chi connectivity index (χ2n) is 5.29. The minimum atomic E-state index is -0.459. The maximum atomic E-state index is 12.4. The van der Waals surface area contributed by atoms with Crippen LogP contribution in [0.1, 0.15) is 43.5 Å². The van der Waals surface area contributed by atoms with Gasteiger partial charge in [-0.15, -0.1) is 0 Å². The lowest BCUT2D eigenvalue weighted by Crippen LogP contribution is -2.35. The van der Waals surface area contributed by atoms with Crippen molar-refractivity contribution in [2.45, 2.75) is 39.2 Å². The minimum Gasteiger partial charge on any atom is -0.490 e. The smallest absolute Gasteiger partial charge is 0.169 e. The van der Waals surface area contributed by atoms with Crippen molar-refractivity contribution in [2.24, 2.45) is 11.1 Å². The zero-order valence-corrected chi connectivity index (χ0v) is 11.1. The van der Waals surface area contributed by atoms with Crippen molar-refractivity contribution in [1.82, 2.24) is 0 Å². The molecule has 0 amide bonds. The Morgan fingerprint density at radius 1 is 1.39 bits per heavy atom. The first-order valence-corrected chi connectivity index (χ1v) is 6.60. The van der Waals surface area contributed by atoms with Gasteiger partial charge >= 0.3 is 0 Å². The molecule has 0 aliphatic heterocycles. The second kappa shape index (κ2) is 5.11. The first-order chi connectivity index (χ1) is 8.59. The first-order valence-electron chi connectivity index (χ1n) is 6.60. The number of carbonyl (C=O) groups excluding carboxylic acids is 1. The fourth-order valence-corrected chi connectivity index (χ4v) is 1.81. The highest BCUT2D eigenvalue weighted by atomic mass is 16.5. The molecule has 0 aromatic heterocycles. The van der Waals surface area contributed by atoms with Gasteiger partial charge in [0.05, 0.1) is 6.10 Å². The Labute approximate surface area is 108 Å². The molecule has 0 bridgehead atoms.